The minimum absolute atomic E-state index is 0.00853. The second kappa shape index (κ2) is 25.9. The van der Waals surface area contributed by atoms with Crippen molar-refractivity contribution in [3.8, 4) is 10.4 Å². The minimum atomic E-state index is -0.932. The molecule has 368 valence electrons. The number of aliphatic hydroxyl groups is 1. The SMILES string of the molecule is Cc1ncsc1-c1ccc([C@H](C)NC(=O)[C@@H]2C[C@@H](O)CN2C(=O)[C@@H](NC(=O)CCOCCOCCOCCOCCOCCNC(=O)CCc2ccc3c(c2)[nH]c2ccncc23)C(C)(C)C)cc1. The van der Waals surface area contributed by atoms with Crippen LogP contribution in [0.5, 0.6) is 0 Å². The topological polar surface area (TPSA) is 216 Å². The second-order valence-electron chi connectivity index (χ2n) is 18.0. The van der Waals surface area contributed by atoms with Crippen LogP contribution in [0, 0.1) is 12.3 Å². The van der Waals surface area contributed by atoms with E-state index in [1.807, 2.05) is 76.7 Å². The van der Waals surface area contributed by atoms with Gasteiger partial charge in [0.05, 0.1) is 94.3 Å². The average Bonchev–Trinajstić information content (AvgIpc) is 4.05. The number of nitrogens with one attached hydrogen (secondary N) is 4. The number of fused-ring (bicyclic) bond motifs is 3. The molecule has 1 fully saturated rings. The summed E-state index contributed by atoms with van der Waals surface area (Å²) in [5.74, 6) is -1.17. The molecule has 3 aromatic heterocycles. The number of rotatable bonds is 27. The normalized spacial score (nSPS) is 16.0. The van der Waals surface area contributed by atoms with Crippen molar-refractivity contribution in [3.63, 3.8) is 0 Å². The summed E-state index contributed by atoms with van der Waals surface area (Å²) < 4.78 is 27.8. The summed E-state index contributed by atoms with van der Waals surface area (Å²) in [6, 6.07) is 13.9. The molecule has 4 amide bonds. The Morgan fingerprint density at radius 3 is 2.13 bits per heavy atom. The zero-order valence-corrected chi connectivity index (χ0v) is 40.7. The lowest BCUT2D eigenvalue weighted by molar-refractivity contribution is -0.144. The van der Waals surface area contributed by atoms with E-state index in [0.29, 0.717) is 72.2 Å². The van der Waals surface area contributed by atoms with E-state index in [4.69, 9.17) is 23.7 Å². The predicted octanol–water partition coefficient (Wildman–Crippen LogP) is 5.04. The Morgan fingerprint density at radius 1 is 0.824 bits per heavy atom. The number of nitrogens with zero attached hydrogens (tertiary/aromatic N) is 3. The van der Waals surface area contributed by atoms with Crippen LogP contribution in [0.3, 0.4) is 0 Å². The van der Waals surface area contributed by atoms with E-state index in [9.17, 15) is 24.3 Å². The van der Waals surface area contributed by atoms with Crippen LogP contribution in [0.2, 0.25) is 0 Å². The Kier molecular flexibility index (Phi) is 19.8. The zero-order chi connectivity index (χ0) is 48.5. The van der Waals surface area contributed by atoms with Crippen LogP contribution in [0.25, 0.3) is 32.2 Å². The molecule has 6 rings (SSSR count). The molecule has 4 atom stereocenters. The molecule has 4 heterocycles. The molecular weight excluding hydrogens is 891 g/mol. The maximum atomic E-state index is 14.0. The van der Waals surface area contributed by atoms with Gasteiger partial charge in [0.2, 0.25) is 23.6 Å². The molecule has 1 aliphatic heterocycles. The van der Waals surface area contributed by atoms with E-state index >= 15 is 0 Å². The second-order valence-corrected chi connectivity index (χ2v) is 18.8. The van der Waals surface area contributed by atoms with E-state index in [2.05, 4.69) is 49.1 Å². The Bertz CT molecular complexity index is 2400. The number of pyridine rings is 1. The van der Waals surface area contributed by atoms with Crippen molar-refractivity contribution in [3.05, 3.63) is 83.3 Å². The van der Waals surface area contributed by atoms with E-state index in [1.165, 1.54) is 4.90 Å². The van der Waals surface area contributed by atoms with Crippen molar-refractivity contribution in [2.24, 2.45) is 5.41 Å². The molecule has 0 radical (unpaired) electrons. The molecule has 0 spiro atoms. The molecule has 1 saturated heterocycles. The van der Waals surface area contributed by atoms with Crippen LogP contribution in [0.15, 0.2) is 66.4 Å². The van der Waals surface area contributed by atoms with Crippen molar-refractivity contribution in [1.82, 2.24) is 35.8 Å². The van der Waals surface area contributed by atoms with Crippen molar-refractivity contribution in [1.29, 1.82) is 0 Å². The highest BCUT2D eigenvalue weighted by Crippen LogP contribution is 2.30. The van der Waals surface area contributed by atoms with Crippen LogP contribution in [-0.4, -0.2) is 146 Å². The van der Waals surface area contributed by atoms with Gasteiger partial charge in [-0.1, -0.05) is 57.2 Å². The van der Waals surface area contributed by atoms with Crippen molar-refractivity contribution < 1.29 is 48.0 Å². The number of aromatic amines is 1. The smallest absolute Gasteiger partial charge is 0.246 e. The number of ether oxygens (including phenoxy) is 5. The Hall–Kier alpha value is -5.34. The first kappa shape index (κ1) is 52.0. The van der Waals surface area contributed by atoms with Crippen LogP contribution >= 0.6 is 11.3 Å². The molecule has 17 nitrogen and oxygen atoms in total. The van der Waals surface area contributed by atoms with Crippen LogP contribution in [0.1, 0.15) is 69.8 Å². The highest BCUT2D eigenvalue weighted by molar-refractivity contribution is 7.13. The lowest BCUT2D eigenvalue weighted by atomic mass is 9.85. The Morgan fingerprint density at radius 2 is 1.49 bits per heavy atom. The molecule has 1 aliphatic rings. The lowest BCUT2D eigenvalue weighted by Gasteiger charge is -2.35. The summed E-state index contributed by atoms with van der Waals surface area (Å²) in [5.41, 5.74) is 7.23. The summed E-state index contributed by atoms with van der Waals surface area (Å²) in [6.45, 7) is 13.3. The number of hydrogen-bond acceptors (Lipinski definition) is 13. The fourth-order valence-corrected chi connectivity index (χ4v) is 8.76. The quantitative estimate of drug-likeness (QED) is 0.0438. The molecule has 0 bridgehead atoms. The van der Waals surface area contributed by atoms with Crippen LogP contribution in [-0.2, 0) is 49.3 Å². The average molecular weight is 958 g/mol. The largest absolute Gasteiger partial charge is 0.391 e. The number of thiazole rings is 1. The van der Waals surface area contributed by atoms with Crippen LogP contribution < -0.4 is 16.0 Å². The summed E-state index contributed by atoms with van der Waals surface area (Å²) in [7, 11) is 0. The lowest BCUT2D eigenvalue weighted by Crippen LogP contribution is -2.58. The molecule has 68 heavy (non-hydrogen) atoms. The summed E-state index contributed by atoms with van der Waals surface area (Å²) in [4.78, 5) is 67.4. The van der Waals surface area contributed by atoms with E-state index in [1.54, 1.807) is 17.5 Å². The van der Waals surface area contributed by atoms with Crippen LogP contribution in [0.4, 0.5) is 0 Å². The third-order valence-electron chi connectivity index (χ3n) is 11.7. The Labute approximate surface area is 402 Å². The van der Waals surface area contributed by atoms with Gasteiger partial charge in [-0.15, -0.1) is 11.3 Å². The molecule has 0 unspecified atom stereocenters. The molecule has 0 aliphatic carbocycles. The molecule has 0 saturated carbocycles. The maximum absolute atomic E-state index is 14.0. The number of carbonyl (C=O) groups is 4. The molecule has 5 N–H and O–H groups in total. The van der Waals surface area contributed by atoms with Gasteiger partial charge in [0, 0.05) is 66.6 Å². The number of aliphatic hydroxyl groups excluding tert-OH is 1. The zero-order valence-electron chi connectivity index (χ0n) is 39.8. The number of benzene rings is 2. The van der Waals surface area contributed by atoms with E-state index < -0.39 is 29.5 Å². The highest BCUT2D eigenvalue weighted by Gasteiger charge is 2.44. The van der Waals surface area contributed by atoms with E-state index in [-0.39, 0.29) is 56.4 Å². The van der Waals surface area contributed by atoms with Gasteiger partial charge >= 0.3 is 0 Å². The maximum Gasteiger partial charge on any atom is 0.246 e. The van der Waals surface area contributed by atoms with Crippen molar-refractivity contribution in [2.45, 2.75) is 84.5 Å². The molecule has 2 aromatic carbocycles. The van der Waals surface area contributed by atoms with Gasteiger partial charge in [-0.3, -0.25) is 24.2 Å². The third-order valence-corrected chi connectivity index (χ3v) is 12.7. The fraction of sp³-hybridized carbons (Fsp3) is 0.520. The van der Waals surface area contributed by atoms with Gasteiger partial charge in [-0.25, -0.2) is 4.98 Å². The highest BCUT2D eigenvalue weighted by atomic mass is 32.1. The van der Waals surface area contributed by atoms with Gasteiger partial charge in [-0.2, -0.15) is 0 Å². The number of β-amino-alcohol motifs (C(OH)–C–C–N with tert-alkyl or cyclic N) is 1. The summed E-state index contributed by atoms with van der Waals surface area (Å²) in [6.07, 6.45) is 3.92. The first-order chi connectivity index (χ1) is 32.8. The van der Waals surface area contributed by atoms with E-state index in [0.717, 1.165) is 49.1 Å². The summed E-state index contributed by atoms with van der Waals surface area (Å²) in [5, 5.41) is 21.6. The van der Waals surface area contributed by atoms with Gasteiger partial charge in [0.25, 0.3) is 0 Å². The number of carbonyl (C=O) groups excluding carboxylic acids is 4. The number of aryl methyl sites for hydroxylation is 2. The molecule has 5 aromatic rings. The Balaban J connectivity index is 0.753. The number of amides is 4. The minimum Gasteiger partial charge on any atom is -0.391 e. The number of hydrogen-bond donors (Lipinski definition) is 5. The number of H-pyrrole nitrogens is 1. The van der Waals surface area contributed by atoms with Gasteiger partial charge in [0.15, 0.2) is 0 Å². The standard InChI is InChI=1S/C50H67N7O10S/c1-33(36-8-10-37(11-9-36)46-34(2)53-32-68-46)54-48(61)43-29-38(58)31-57(43)49(62)47(50(3,4)5)56-45(60)15-18-63-20-22-65-24-26-67-27-25-66-23-21-64-19-17-52-44(59)13-7-35-6-12-39-40-30-51-16-14-41(40)55-42(39)28-35/h6,8-12,14,16,28,30,32-33,38,43,47,55,58H,7,13,15,17-27,29,31H2,1-5H3,(H,52,59)(H,54,61)(H,56,60)/t33-,38+,43-,47+/m0/s1. The van der Waals surface area contributed by atoms with Crippen molar-refractivity contribution >= 4 is 56.8 Å². The van der Waals surface area contributed by atoms with Crippen molar-refractivity contribution in [2.75, 3.05) is 79.2 Å². The first-order valence-corrected chi connectivity index (χ1v) is 24.2. The van der Waals surface area contributed by atoms with Gasteiger partial charge in [-0.05, 0) is 54.5 Å². The van der Waals surface area contributed by atoms with Gasteiger partial charge in [0.1, 0.15) is 12.1 Å². The fourth-order valence-electron chi connectivity index (χ4n) is 7.95. The van der Waals surface area contributed by atoms with Gasteiger partial charge < -0.3 is 54.6 Å². The monoisotopic (exact) mass is 957 g/mol. The number of aromatic nitrogens is 3. The summed E-state index contributed by atoms with van der Waals surface area (Å²) >= 11 is 1.57. The molecular formula is C50H67N7O10S. The third kappa shape index (κ3) is 15.3. The predicted molar refractivity (Wildman–Crippen MR) is 260 cm³/mol. The number of likely N-dealkylation sites (tertiary alicyclic amines) is 1. The molecule has 18 heteroatoms. The first-order valence-electron chi connectivity index (χ1n) is 23.4.